The van der Waals surface area contributed by atoms with Gasteiger partial charge in [-0.3, -0.25) is 15.0 Å². The van der Waals surface area contributed by atoms with Crippen molar-refractivity contribution in [3.63, 3.8) is 0 Å². The molecule has 0 fully saturated rings. The lowest BCUT2D eigenvalue weighted by molar-refractivity contribution is -0.141. The summed E-state index contributed by atoms with van der Waals surface area (Å²) in [6.07, 6.45) is -0.941. The van der Waals surface area contributed by atoms with E-state index in [-0.39, 0.29) is 24.3 Å². The molecule has 216 valence electrons. The predicted molar refractivity (Wildman–Crippen MR) is 167 cm³/mol. The van der Waals surface area contributed by atoms with Crippen LogP contribution in [0.15, 0.2) is 109 Å². The third kappa shape index (κ3) is 7.59. The molecule has 4 aromatic rings. The number of anilines is 1. The molecule has 6 heteroatoms. The van der Waals surface area contributed by atoms with Crippen molar-refractivity contribution >= 4 is 23.5 Å². The largest absolute Gasteiger partial charge is 0.408 e. The highest BCUT2D eigenvalue weighted by Gasteiger charge is 2.34. The van der Waals surface area contributed by atoms with E-state index < -0.39 is 23.9 Å². The monoisotopic (exact) mass is 562 g/mol. The highest BCUT2D eigenvalue weighted by Crippen LogP contribution is 2.34. The topological polar surface area (TPSA) is 88.5 Å². The molecule has 0 aliphatic heterocycles. The number of hydrogen-bond donors (Lipinski definition) is 2. The summed E-state index contributed by atoms with van der Waals surface area (Å²) in [5.74, 6) is -2.74. The molecular weight excluding hydrogens is 524 g/mol. The Labute approximate surface area is 248 Å². The number of nitrogens with one attached hydrogen (secondary N) is 2. The fraction of sp³-hybridized carbons (Fsp3) is 0.250. The second-order valence-corrected chi connectivity index (χ2v) is 10.8. The number of esters is 1. The van der Waals surface area contributed by atoms with Crippen LogP contribution in [0.5, 0.6) is 0 Å². The van der Waals surface area contributed by atoms with Crippen LogP contribution in [0.1, 0.15) is 79.4 Å². The Kier molecular flexibility index (Phi) is 10.4. The van der Waals surface area contributed by atoms with Crippen LogP contribution in [0, 0.1) is 5.41 Å². The van der Waals surface area contributed by atoms with Crippen molar-refractivity contribution in [3.8, 4) is 0 Å². The first kappa shape index (κ1) is 30.4. The van der Waals surface area contributed by atoms with Crippen LogP contribution in [-0.2, 0) is 25.7 Å². The Bertz CT molecular complexity index is 1460. The number of rotatable bonds is 11. The van der Waals surface area contributed by atoms with Crippen molar-refractivity contribution in [2.75, 3.05) is 5.32 Å². The van der Waals surface area contributed by atoms with E-state index >= 15 is 0 Å². The van der Waals surface area contributed by atoms with Gasteiger partial charge in [0, 0.05) is 5.69 Å². The number of benzene rings is 4. The fourth-order valence-electron chi connectivity index (χ4n) is 4.86. The van der Waals surface area contributed by atoms with Crippen LogP contribution in [0.2, 0.25) is 0 Å². The van der Waals surface area contributed by atoms with Crippen LogP contribution >= 0.6 is 0 Å². The molecule has 0 radical (unpaired) electrons. The fourth-order valence-corrected chi connectivity index (χ4v) is 4.86. The standard InChI is InChI=1S/C36H38N2O4/c1-24(2)29-21-14-22-30(25(3)4)32(29)38-35(39)31(27-17-10-6-11-18-27)36(40)42-34(37)33(28-19-12-7-13-20-28)41-23-26-15-8-5-9-16-26/h5-22,24-25,31,33,37H,23H2,1-4H3,(H,38,39). The van der Waals surface area contributed by atoms with Crippen molar-refractivity contribution in [1.82, 2.24) is 0 Å². The zero-order valence-electron chi connectivity index (χ0n) is 24.5. The smallest absolute Gasteiger partial charge is 0.329 e. The molecule has 0 heterocycles. The minimum Gasteiger partial charge on any atom is -0.408 e. The highest BCUT2D eigenvalue weighted by molar-refractivity contribution is 6.12. The van der Waals surface area contributed by atoms with Crippen molar-refractivity contribution in [3.05, 3.63) is 137 Å². The van der Waals surface area contributed by atoms with Gasteiger partial charge in [0.2, 0.25) is 11.8 Å². The van der Waals surface area contributed by atoms with Gasteiger partial charge in [0.25, 0.3) is 0 Å². The molecule has 0 spiro atoms. The first-order chi connectivity index (χ1) is 20.3. The second-order valence-electron chi connectivity index (χ2n) is 10.8. The Morgan fingerprint density at radius 2 is 1.19 bits per heavy atom. The van der Waals surface area contributed by atoms with Gasteiger partial charge >= 0.3 is 5.97 Å². The van der Waals surface area contributed by atoms with E-state index in [1.165, 1.54) is 0 Å². The summed E-state index contributed by atoms with van der Waals surface area (Å²) in [6, 6.07) is 33.5. The molecule has 0 aliphatic carbocycles. The molecule has 2 N–H and O–H groups in total. The number of carbonyl (C=O) groups is 2. The Hall–Kier alpha value is -4.55. The van der Waals surface area contributed by atoms with Crippen LogP contribution in [0.3, 0.4) is 0 Å². The summed E-state index contributed by atoms with van der Waals surface area (Å²) in [6.45, 7) is 8.49. The maximum absolute atomic E-state index is 13.9. The number of carbonyl (C=O) groups excluding carboxylic acids is 2. The number of hydrogen-bond acceptors (Lipinski definition) is 5. The molecule has 0 saturated carbocycles. The van der Waals surface area contributed by atoms with Crippen molar-refractivity contribution < 1.29 is 19.1 Å². The first-order valence-electron chi connectivity index (χ1n) is 14.3. The van der Waals surface area contributed by atoms with Crippen LogP contribution in [-0.4, -0.2) is 17.8 Å². The Morgan fingerprint density at radius 1 is 0.690 bits per heavy atom. The van der Waals surface area contributed by atoms with E-state index in [1.807, 2.05) is 84.9 Å². The SMILES string of the molecule is CC(C)c1cccc(C(C)C)c1NC(=O)C(C(=O)OC(=N)C(OCc1ccccc1)c1ccccc1)c1ccccc1. The third-order valence-corrected chi connectivity index (χ3v) is 7.06. The minimum absolute atomic E-state index is 0.155. The lowest BCUT2D eigenvalue weighted by Crippen LogP contribution is -2.32. The molecule has 6 nitrogen and oxygen atoms in total. The minimum atomic E-state index is -1.29. The van der Waals surface area contributed by atoms with E-state index in [0.29, 0.717) is 16.8 Å². The zero-order valence-corrected chi connectivity index (χ0v) is 24.5. The van der Waals surface area contributed by atoms with Gasteiger partial charge in [-0.05, 0) is 39.7 Å². The maximum atomic E-state index is 13.9. The van der Waals surface area contributed by atoms with E-state index in [9.17, 15) is 9.59 Å². The molecule has 2 atom stereocenters. The molecule has 0 saturated heterocycles. The predicted octanol–water partition coefficient (Wildman–Crippen LogP) is 8.13. The summed E-state index contributed by atoms with van der Waals surface area (Å²) in [5.41, 5.74) is 4.75. The lowest BCUT2D eigenvalue weighted by Gasteiger charge is -2.24. The van der Waals surface area contributed by atoms with Crippen molar-refractivity contribution in [2.45, 2.75) is 58.2 Å². The van der Waals surface area contributed by atoms with E-state index in [4.69, 9.17) is 14.9 Å². The van der Waals surface area contributed by atoms with Gasteiger partial charge in [0.05, 0.1) is 6.61 Å². The van der Waals surface area contributed by atoms with Crippen LogP contribution in [0.4, 0.5) is 5.69 Å². The first-order valence-corrected chi connectivity index (χ1v) is 14.3. The summed E-state index contributed by atoms with van der Waals surface area (Å²) >= 11 is 0. The van der Waals surface area contributed by atoms with Crippen LogP contribution in [0.25, 0.3) is 0 Å². The summed E-state index contributed by atoms with van der Waals surface area (Å²) in [5, 5.41) is 11.8. The number of amides is 1. The summed E-state index contributed by atoms with van der Waals surface area (Å²) in [4.78, 5) is 27.7. The molecular formula is C36H38N2O4. The summed E-state index contributed by atoms with van der Waals surface area (Å²) < 4.78 is 11.7. The zero-order chi connectivity index (χ0) is 30.1. The maximum Gasteiger partial charge on any atom is 0.329 e. The second kappa shape index (κ2) is 14.4. The number of para-hydroxylation sites is 1. The van der Waals surface area contributed by atoms with Gasteiger partial charge in [-0.1, -0.05) is 137 Å². The van der Waals surface area contributed by atoms with Gasteiger partial charge in [-0.25, -0.2) is 0 Å². The molecule has 2 unspecified atom stereocenters. The van der Waals surface area contributed by atoms with Gasteiger partial charge in [-0.2, -0.15) is 0 Å². The number of ether oxygens (including phenoxy) is 2. The van der Waals surface area contributed by atoms with Crippen molar-refractivity contribution in [2.24, 2.45) is 0 Å². The van der Waals surface area contributed by atoms with Gasteiger partial charge in [0.15, 0.2) is 12.0 Å². The third-order valence-electron chi connectivity index (χ3n) is 7.06. The Balaban J connectivity index is 1.62. The van der Waals surface area contributed by atoms with Crippen molar-refractivity contribution in [1.29, 1.82) is 5.41 Å². The van der Waals surface area contributed by atoms with E-state index in [2.05, 4.69) is 33.0 Å². The average molecular weight is 563 g/mol. The lowest BCUT2D eigenvalue weighted by atomic mass is 9.91. The molecule has 0 aliphatic rings. The van der Waals surface area contributed by atoms with Gasteiger partial charge in [-0.15, -0.1) is 0 Å². The quantitative estimate of drug-likeness (QED) is 0.0836. The summed E-state index contributed by atoms with van der Waals surface area (Å²) in [7, 11) is 0. The van der Waals surface area contributed by atoms with E-state index in [1.54, 1.807) is 24.3 Å². The Morgan fingerprint density at radius 3 is 1.71 bits per heavy atom. The van der Waals surface area contributed by atoms with Gasteiger partial charge in [0.1, 0.15) is 0 Å². The average Bonchev–Trinajstić information content (AvgIpc) is 2.99. The molecule has 0 bridgehead atoms. The normalized spacial score (nSPS) is 12.5. The highest BCUT2D eigenvalue weighted by atomic mass is 16.6. The molecule has 4 rings (SSSR count). The van der Waals surface area contributed by atoms with E-state index in [0.717, 1.165) is 16.7 Å². The molecule has 0 aromatic heterocycles. The molecule has 4 aromatic carbocycles. The van der Waals surface area contributed by atoms with Gasteiger partial charge < -0.3 is 14.8 Å². The van der Waals surface area contributed by atoms with Crippen LogP contribution < -0.4 is 5.32 Å². The molecule has 1 amide bonds. The molecule has 42 heavy (non-hydrogen) atoms.